The lowest BCUT2D eigenvalue weighted by Crippen LogP contribution is -2.48. The lowest BCUT2D eigenvalue weighted by molar-refractivity contribution is -0.144. The van der Waals surface area contributed by atoms with Gasteiger partial charge in [-0.1, -0.05) is 25.1 Å². The largest absolute Gasteiger partial charge is 0.448 e. The fraction of sp³-hybridized carbons (Fsp3) is 0.368. The number of hydrogen-bond acceptors (Lipinski definition) is 4. The summed E-state index contributed by atoms with van der Waals surface area (Å²) in [5.41, 5.74) is 2.73. The van der Waals surface area contributed by atoms with Crippen LogP contribution in [0.5, 0.6) is 0 Å². The van der Waals surface area contributed by atoms with Gasteiger partial charge < -0.3 is 9.64 Å². The summed E-state index contributed by atoms with van der Waals surface area (Å²) in [6.07, 6.45) is 1.50. The molecule has 0 spiro atoms. The molecule has 0 bridgehead atoms. The van der Waals surface area contributed by atoms with E-state index in [9.17, 15) is 9.59 Å². The van der Waals surface area contributed by atoms with Gasteiger partial charge in [0.05, 0.1) is 11.6 Å². The first-order chi connectivity index (χ1) is 11.7. The average Bonchev–Trinajstić information content (AvgIpc) is 3.09. The Labute approximate surface area is 145 Å². The molecule has 124 valence electrons. The molecule has 1 aromatic carbocycles. The standard InChI is InChI=1S/C19H19NO3S/c1-2-15-14-8-10-24-17(14)7-9-20(15)18(21)16-11-12-5-3-4-6-13(12)19(22)23-16/h3-6,8,10,15-16H,2,7,9,11H2,1H3/t15-,16-/m0/s1. The number of ether oxygens (including phenoxy) is 1. The number of fused-ring (bicyclic) bond motifs is 2. The third-order valence-corrected chi connectivity index (χ3v) is 5.93. The van der Waals surface area contributed by atoms with Crippen LogP contribution in [0.2, 0.25) is 0 Å². The summed E-state index contributed by atoms with van der Waals surface area (Å²) in [5, 5.41) is 2.10. The number of carbonyl (C=O) groups excluding carboxylic acids is 2. The van der Waals surface area contributed by atoms with Gasteiger partial charge in [-0.05, 0) is 41.5 Å². The molecule has 0 aliphatic carbocycles. The maximum absolute atomic E-state index is 13.1. The number of cyclic esters (lactones) is 1. The van der Waals surface area contributed by atoms with E-state index in [-0.39, 0.29) is 11.9 Å². The van der Waals surface area contributed by atoms with Crippen LogP contribution < -0.4 is 0 Å². The molecule has 2 atom stereocenters. The minimum Gasteiger partial charge on any atom is -0.448 e. The molecule has 4 nitrogen and oxygen atoms in total. The number of amides is 1. The van der Waals surface area contributed by atoms with Gasteiger partial charge in [0.1, 0.15) is 0 Å². The van der Waals surface area contributed by atoms with Crippen molar-refractivity contribution < 1.29 is 14.3 Å². The molecule has 2 aliphatic heterocycles. The number of rotatable bonds is 2. The first-order valence-corrected chi connectivity index (χ1v) is 9.22. The van der Waals surface area contributed by atoms with Crippen molar-refractivity contribution in [3.63, 3.8) is 0 Å². The normalized spacial score (nSPS) is 22.5. The van der Waals surface area contributed by atoms with Crippen LogP contribution in [0.25, 0.3) is 0 Å². The summed E-state index contributed by atoms with van der Waals surface area (Å²) < 4.78 is 5.46. The topological polar surface area (TPSA) is 46.6 Å². The molecule has 0 unspecified atom stereocenters. The Balaban J connectivity index is 1.60. The summed E-state index contributed by atoms with van der Waals surface area (Å²) in [7, 11) is 0. The van der Waals surface area contributed by atoms with Crippen LogP contribution >= 0.6 is 11.3 Å². The van der Waals surface area contributed by atoms with Crippen LogP contribution in [0.3, 0.4) is 0 Å². The molecule has 0 fully saturated rings. The Morgan fingerprint density at radius 3 is 3.00 bits per heavy atom. The molecule has 4 rings (SSSR count). The summed E-state index contributed by atoms with van der Waals surface area (Å²) >= 11 is 1.76. The molecule has 1 aromatic heterocycles. The Morgan fingerprint density at radius 1 is 1.33 bits per heavy atom. The number of carbonyl (C=O) groups is 2. The van der Waals surface area contributed by atoms with E-state index in [1.54, 1.807) is 17.4 Å². The third-order valence-electron chi connectivity index (χ3n) is 4.93. The van der Waals surface area contributed by atoms with E-state index < -0.39 is 12.1 Å². The van der Waals surface area contributed by atoms with Crippen molar-refractivity contribution in [3.05, 3.63) is 57.3 Å². The zero-order valence-electron chi connectivity index (χ0n) is 13.5. The van der Waals surface area contributed by atoms with Gasteiger partial charge in [-0.25, -0.2) is 4.79 Å². The van der Waals surface area contributed by atoms with Crippen molar-refractivity contribution in [3.8, 4) is 0 Å². The quantitative estimate of drug-likeness (QED) is 0.787. The van der Waals surface area contributed by atoms with Crippen LogP contribution in [0.4, 0.5) is 0 Å². The molecule has 0 saturated heterocycles. The van der Waals surface area contributed by atoms with Crippen molar-refractivity contribution in [2.75, 3.05) is 6.54 Å². The van der Waals surface area contributed by atoms with Gasteiger partial charge in [-0.3, -0.25) is 4.79 Å². The zero-order valence-corrected chi connectivity index (χ0v) is 14.3. The van der Waals surface area contributed by atoms with Gasteiger partial charge >= 0.3 is 5.97 Å². The number of nitrogens with zero attached hydrogens (tertiary/aromatic N) is 1. The Kier molecular flexibility index (Phi) is 3.88. The lowest BCUT2D eigenvalue weighted by atomic mass is 9.94. The van der Waals surface area contributed by atoms with E-state index in [0.717, 1.165) is 18.4 Å². The Bertz CT molecular complexity index is 797. The SMILES string of the molecule is CC[C@H]1c2ccsc2CCN1C(=O)[C@@H]1Cc2ccccc2C(=O)O1. The molecule has 0 N–H and O–H groups in total. The molecule has 0 radical (unpaired) electrons. The van der Waals surface area contributed by atoms with E-state index in [0.29, 0.717) is 18.5 Å². The molecule has 2 aromatic rings. The highest BCUT2D eigenvalue weighted by Crippen LogP contribution is 2.36. The van der Waals surface area contributed by atoms with Gasteiger partial charge in [0, 0.05) is 17.8 Å². The molecule has 0 saturated carbocycles. The second-order valence-electron chi connectivity index (χ2n) is 6.26. The highest BCUT2D eigenvalue weighted by molar-refractivity contribution is 7.10. The summed E-state index contributed by atoms with van der Waals surface area (Å²) in [6, 6.07) is 9.58. The van der Waals surface area contributed by atoms with Crippen LogP contribution in [0, 0.1) is 0 Å². The third kappa shape index (κ3) is 2.44. The highest BCUT2D eigenvalue weighted by Gasteiger charge is 2.38. The lowest BCUT2D eigenvalue weighted by Gasteiger charge is -2.38. The van der Waals surface area contributed by atoms with Gasteiger partial charge in [0.15, 0.2) is 6.10 Å². The van der Waals surface area contributed by atoms with Crippen LogP contribution in [-0.2, 0) is 22.4 Å². The monoisotopic (exact) mass is 341 g/mol. The van der Waals surface area contributed by atoms with Gasteiger partial charge in [0.2, 0.25) is 0 Å². The second kappa shape index (κ2) is 6.06. The van der Waals surface area contributed by atoms with Gasteiger partial charge in [-0.15, -0.1) is 11.3 Å². The Hall–Kier alpha value is -2.14. The maximum Gasteiger partial charge on any atom is 0.339 e. The van der Waals surface area contributed by atoms with Crippen LogP contribution in [0.1, 0.15) is 45.7 Å². The number of thiophene rings is 1. The number of esters is 1. The van der Waals surface area contributed by atoms with Crippen molar-refractivity contribution in [1.82, 2.24) is 4.90 Å². The minimum absolute atomic E-state index is 0.0680. The second-order valence-corrected chi connectivity index (χ2v) is 7.26. The molecule has 5 heteroatoms. The fourth-order valence-corrected chi connectivity index (χ4v) is 4.68. The van der Waals surface area contributed by atoms with E-state index >= 15 is 0 Å². The fourth-order valence-electron chi connectivity index (χ4n) is 3.75. The molecular formula is C19H19NO3S. The van der Waals surface area contributed by atoms with Crippen molar-refractivity contribution in [2.45, 2.75) is 38.3 Å². The predicted molar refractivity (Wildman–Crippen MR) is 92.1 cm³/mol. The van der Waals surface area contributed by atoms with E-state index in [4.69, 9.17) is 4.74 Å². The molecule has 3 heterocycles. The molecule has 1 amide bonds. The molecule has 24 heavy (non-hydrogen) atoms. The van der Waals surface area contributed by atoms with Crippen molar-refractivity contribution >= 4 is 23.2 Å². The average molecular weight is 341 g/mol. The van der Waals surface area contributed by atoms with Crippen molar-refractivity contribution in [2.24, 2.45) is 0 Å². The highest BCUT2D eigenvalue weighted by atomic mass is 32.1. The van der Waals surface area contributed by atoms with Crippen LogP contribution in [0.15, 0.2) is 35.7 Å². The minimum atomic E-state index is -0.707. The zero-order chi connectivity index (χ0) is 16.7. The number of benzene rings is 1. The summed E-state index contributed by atoms with van der Waals surface area (Å²) in [5.74, 6) is -0.460. The maximum atomic E-state index is 13.1. The van der Waals surface area contributed by atoms with Crippen LogP contribution in [-0.4, -0.2) is 29.4 Å². The first-order valence-electron chi connectivity index (χ1n) is 8.34. The van der Waals surface area contributed by atoms with Gasteiger partial charge in [0.25, 0.3) is 5.91 Å². The summed E-state index contributed by atoms with van der Waals surface area (Å²) in [6.45, 7) is 2.79. The van der Waals surface area contributed by atoms with Gasteiger partial charge in [-0.2, -0.15) is 0 Å². The van der Waals surface area contributed by atoms with Crippen molar-refractivity contribution in [1.29, 1.82) is 0 Å². The molecule has 2 aliphatic rings. The predicted octanol–water partition coefficient (Wildman–Crippen LogP) is 3.37. The first kappa shape index (κ1) is 15.4. The smallest absolute Gasteiger partial charge is 0.339 e. The van der Waals surface area contributed by atoms with E-state index in [1.807, 2.05) is 23.1 Å². The summed E-state index contributed by atoms with van der Waals surface area (Å²) in [4.78, 5) is 28.5. The van der Waals surface area contributed by atoms with E-state index in [2.05, 4.69) is 18.4 Å². The molecular weight excluding hydrogens is 322 g/mol. The van der Waals surface area contributed by atoms with E-state index in [1.165, 1.54) is 10.4 Å². The number of hydrogen-bond donors (Lipinski definition) is 0. The Morgan fingerprint density at radius 2 is 2.17 bits per heavy atom.